The average Bonchev–Trinajstić information content (AvgIpc) is 2.71. The molecule has 0 aliphatic carbocycles. The maximum Gasteiger partial charge on any atom is 0.249 e. The van der Waals surface area contributed by atoms with E-state index in [1.165, 1.54) is 12.1 Å². The molecule has 0 spiro atoms. The van der Waals surface area contributed by atoms with Gasteiger partial charge in [0.2, 0.25) is 11.8 Å². The highest BCUT2D eigenvalue weighted by Crippen LogP contribution is 2.29. The van der Waals surface area contributed by atoms with Gasteiger partial charge >= 0.3 is 0 Å². The van der Waals surface area contributed by atoms with Gasteiger partial charge in [-0.2, -0.15) is 0 Å². The van der Waals surface area contributed by atoms with E-state index in [-0.39, 0.29) is 11.6 Å². The number of aromatic nitrogens is 2. The van der Waals surface area contributed by atoms with Gasteiger partial charge in [-0.3, -0.25) is 0 Å². The van der Waals surface area contributed by atoms with E-state index in [1.807, 2.05) is 0 Å². The fourth-order valence-electron chi connectivity index (χ4n) is 1.26. The van der Waals surface area contributed by atoms with Gasteiger partial charge in [0.1, 0.15) is 5.75 Å². The zero-order valence-electron chi connectivity index (χ0n) is 8.35. The summed E-state index contributed by atoms with van der Waals surface area (Å²) in [4.78, 5) is 0. The highest BCUT2D eigenvalue weighted by molar-refractivity contribution is 6.33. The van der Waals surface area contributed by atoms with Gasteiger partial charge in [0.15, 0.2) is 0 Å². The van der Waals surface area contributed by atoms with E-state index in [1.54, 1.807) is 6.07 Å². The minimum Gasteiger partial charge on any atom is -0.508 e. The lowest BCUT2D eigenvalue weighted by atomic mass is 10.2. The third-order valence-electron chi connectivity index (χ3n) is 2.01. The Morgan fingerprint density at radius 3 is 2.94 bits per heavy atom. The fraction of sp³-hybridized carbons (Fsp3) is 0.200. The molecule has 0 saturated heterocycles. The van der Waals surface area contributed by atoms with Crippen molar-refractivity contribution in [2.75, 3.05) is 6.54 Å². The van der Waals surface area contributed by atoms with Gasteiger partial charge in [-0.1, -0.05) is 11.6 Å². The summed E-state index contributed by atoms with van der Waals surface area (Å²) in [6.45, 7) is 0.440. The molecular weight excluding hydrogens is 230 g/mol. The number of phenolic OH excluding ortho intramolecular Hbond substituents is 1. The number of phenols is 1. The standard InChI is InChI=1S/C10H10ClN3O2/c11-8-2-1-6(15)5-7(8)10-14-13-9(16-10)3-4-12/h1-2,5,15H,3-4,12H2. The molecule has 0 aliphatic rings. The van der Waals surface area contributed by atoms with Crippen molar-refractivity contribution in [1.29, 1.82) is 0 Å². The van der Waals surface area contributed by atoms with Crippen LogP contribution in [0.2, 0.25) is 5.02 Å². The minimum absolute atomic E-state index is 0.0953. The van der Waals surface area contributed by atoms with Crippen LogP contribution in [0.1, 0.15) is 5.89 Å². The van der Waals surface area contributed by atoms with Crippen molar-refractivity contribution in [1.82, 2.24) is 10.2 Å². The molecule has 1 aromatic carbocycles. The van der Waals surface area contributed by atoms with Crippen LogP contribution < -0.4 is 5.73 Å². The number of nitrogens with two attached hydrogens (primary N) is 1. The van der Waals surface area contributed by atoms with Gasteiger partial charge in [-0.05, 0) is 18.2 Å². The molecule has 0 atom stereocenters. The van der Waals surface area contributed by atoms with Crippen LogP contribution in [-0.4, -0.2) is 21.8 Å². The molecule has 6 heteroatoms. The van der Waals surface area contributed by atoms with Crippen LogP contribution in [0.5, 0.6) is 5.75 Å². The molecule has 0 fully saturated rings. The maximum absolute atomic E-state index is 9.34. The van der Waals surface area contributed by atoms with Crippen LogP contribution in [0.15, 0.2) is 22.6 Å². The average molecular weight is 240 g/mol. The number of rotatable bonds is 3. The Kier molecular flexibility index (Phi) is 3.07. The highest BCUT2D eigenvalue weighted by atomic mass is 35.5. The summed E-state index contributed by atoms with van der Waals surface area (Å²) in [5.74, 6) is 0.833. The Bertz CT molecular complexity index is 499. The number of aromatic hydroxyl groups is 1. The molecule has 0 aliphatic heterocycles. The van der Waals surface area contributed by atoms with E-state index in [9.17, 15) is 5.11 Å². The minimum atomic E-state index is 0.0953. The van der Waals surface area contributed by atoms with Crippen molar-refractivity contribution >= 4 is 11.6 Å². The third kappa shape index (κ3) is 2.15. The van der Waals surface area contributed by atoms with E-state index < -0.39 is 0 Å². The van der Waals surface area contributed by atoms with E-state index in [4.69, 9.17) is 21.8 Å². The molecule has 2 rings (SSSR count). The lowest BCUT2D eigenvalue weighted by molar-refractivity contribution is 0.474. The third-order valence-corrected chi connectivity index (χ3v) is 2.33. The molecule has 3 N–H and O–H groups in total. The van der Waals surface area contributed by atoms with Crippen LogP contribution >= 0.6 is 11.6 Å². The summed E-state index contributed by atoms with van der Waals surface area (Å²) in [6, 6.07) is 4.53. The number of hydrogen-bond donors (Lipinski definition) is 2. The topological polar surface area (TPSA) is 85.2 Å². The van der Waals surface area contributed by atoms with Crippen LogP contribution in [0, 0.1) is 0 Å². The van der Waals surface area contributed by atoms with Crippen molar-refractivity contribution in [2.45, 2.75) is 6.42 Å². The predicted octanol–water partition coefficient (Wildman–Crippen LogP) is 1.60. The predicted molar refractivity (Wildman–Crippen MR) is 59.2 cm³/mol. The first kappa shape index (κ1) is 10.9. The van der Waals surface area contributed by atoms with Gasteiger partial charge in [0.05, 0.1) is 10.6 Å². The smallest absolute Gasteiger partial charge is 0.249 e. The Hall–Kier alpha value is -1.59. The lowest BCUT2D eigenvalue weighted by Gasteiger charge is -1.99. The lowest BCUT2D eigenvalue weighted by Crippen LogP contribution is -2.02. The second kappa shape index (κ2) is 4.51. The van der Waals surface area contributed by atoms with E-state index in [2.05, 4.69) is 10.2 Å². The van der Waals surface area contributed by atoms with Gasteiger partial charge in [-0.15, -0.1) is 10.2 Å². The number of hydrogen-bond acceptors (Lipinski definition) is 5. The van der Waals surface area contributed by atoms with Crippen molar-refractivity contribution in [2.24, 2.45) is 5.73 Å². The normalized spacial score (nSPS) is 10.6. The second-order valence-electron chi connectivity index (χ2n) is 3.20. The van der Waals surface area contributed by atoms with Crippen LogP contribution in [0.3, 0.4) is 0 Å². The van der Waals surface area contributed by atoms with Gasteiger partial charge in [0.25, 0.3) is 0 Å². The molecule has 0 radical (unpaired) electrons. The first-order chi connectivity index (χ1) is 7.70. The summed E-state index contributed by atoms with van der Waals surface area (Å²) in [7, 11) is 0. The fourth-order valence-corrected chi connectivity index (χ4v) is 1.46. The van der Waals surface area contributed by atoms with E-state index >= 15 is 0 Å². The molecule has 0 unspecified atom stereocenters. The first-order valence-corrected chi connectivity index (χ1v) is 5.10. The molecule has 0 saturated carbocycles. The molecule has 16 heavy (non-hydrogen) atoms. The molecular formula is C10H10ClN3O2. The second-order valence-corrected chi connectivity index (χ2v) is 3.61. The molecule has 1 aromatic heterocycles. The largest absolute Gasteiger partial charge is 0.508 e. The number of nitrogens with zero attached hydrogens (tertiary/aromatic N) is 2. The van der Waals surface area contributed by atoms with E-state index in [0.29, 0.717) is 29.4 Å². The molecule has 0 amide bonds. The highest BCUT2D eigenvalue weighted by Gasteiger charge is 2.12. The summed E-state index contributed by atoms with van der Waals surface area (Å²) >= 11 is 5.95. The van der Waals surface area contributed by atoms with Crippen molar-refractivity contribution in [3.8, 4) is 17.2 Å². The molecule has 0 bridgehead atoms. The quantitative estimate of drug-likeness (QED) is 0.850. The van der Waals surface area contributed by atoms with E-state index in [0.717, 1.165) is 0 Å². The Morgan fingerprint density at radius 1 is 1.38 bits per heavy atom. The first-order valence-electron chi connectivity index (χ1n) is 4.72. The molecule has 1 heterocycles. The summed E-state index contributed by atoms with van der Waals surface area (Å²) < 4.78 is 5.35. The summed E-state index contributed by atoms with van der Waals surface area (Å²) in [6.07, 6.45) is 0.517. The summed E-state index contributed by atoms with van der Waals surface area (Å²) in [5, 5.41) is 17.4. The maximum atomic E-state index is 9.34. The monoisotopic (exact) mass is 239 g/mol. The van der Waals surface area contributed by atoms with Crippen molar-refractivity contribution in [3.05, 3.63) is 29.1 Å². The van der Waals surface area contributed by atoms with Gasteiger partial charge in [-0.25, -0.2) is 0 Å². The van der Waals surface area contributed by atoms with Crippen molar-refractivity contribution in [3.63, 3.8) is 0 Å². The number of benzene rings is 1. The Morgan fingerprint density at radius 2 is 2.19 bits per heavy atom. The van der Waals surface area contributed by atoms with Crippen LogP contribution in [0.25, 0.3) is 11.5 Å². The summed E-state index contributed by atoms with van der Waals surface area (Å²) in [5.41, 5.74) is 5.88. The molecule has 5 nitrogen and oxygen atoms in total. The SMILES string of the molecule is NCCc1nnc(-c2cc(O)ccc2Cl)o1. The zero-order chi connectivity index (χ0) is 11.5. The van der Waals surface area contributed by atoms with Crippen LogP contribution in [0.4, 0.5) is 0 Å². The number of halogens is 1. The Balaban J connectivity index is 2.38. The van der Waals surface area contributed by atoms with Gasteiger partial charge in [0, 0.05) is 13.0 Å². The molecule has 84 valence electrons. The van der Waals surface area contributed by atoms with Gasteiger partial charge < -0.3 is 15.3 Å². The zero-order valence-corrected chi connectivity index (χ0v) is 9.11. The molecule has 2 aromatic rings. The van der Waals surface area contributed by atoms with Crippen LogP contribution in [-0.2, 0) is 6.42 Å². The Labute approximate surface area is 96.9 Å². The van der Waals surface area contributed by atoms with Crippen molar-refractivity contribution < 1.29 is 9.52 Å².